The number of rotatable bonds is 2. The number of carbonyl (C=O) groups excluding carboxylic acids is 2. The Bertz CT molecular complexity index is 306. The molecule has 3 atom stereocenters. The first-order valence-electron chi connectivity index (χ1n) is 5.88. The number of amides is 1. The Kier molecular flexibility index (Phi) is 3.25. The highest BCUT2D eigenvalue weighted by Crippen LogP contribution is 2.24. The summed E-state index contributed by atoms with van der Waals surface area (Å²) in [6.45, 7) is 2.40. The molecule has 2 aliphatic heterocycles. The van der Waals surface area contributed by atoms with E-state index in [0.29, 0.717) is 0 Å². The summed E-state index contributed by atoms with van der Waals surface area (Å²) in [7, 11) is 1.79. The van der Waals surface area contributed by atoms with E-state index in [0.717, 1.165) is 25.8 Å². The fourth-order valence-electron chi connectivity index (χ4n) is 2.68. The average Bonchev–Trinajstić information content (AvgIpc) is 2.29. The van der Waals surface area contributed by atoms with Gasteiger partial charge in [-0.05, 0) is 39.8 Å². The molecule has 0 saturated carbocycles. The number of likely N-dealkylation sites (N-methyl/N-ethyl adjacent to an activating group) is 1. The van der Waals surface area contributed by atoms with Crippen molar-refractivity contribution < 1.29 is 9.59 Å². The summed E-state index contributed by atoms with van der Waals surface area (Å²) in [5.74, 6) is 0.155. The number of hydrogen-bond donors (Lipinski definition) is 2. The molecule has 2 fully saturated rings. The smallest absolute Gasteiger partial charge is 0.241 e. The highest BCUT2D eigenvalue weighted by atomic mass is 16.2. The number of nitrogens with one attached hydrogen (secondary N) is 2. The van der Waals surface area contributed by atoms with E-state index < -0.39 is 0 Å². The van der Waals surface area contributed by atoms with E-state index >= 15 is 0 Å². The van der Waals surface area contributed by atoms with Crippen LogP contribution in [0.15, 0.2) is 0 Å². The van der Waals surface area contributed by atoms with Crippen molar-refractivity contribution in [3.8, 4) is 0 Å². The number of Topliss-reactive ketones (excluding diaryl/α,β-unsaturated/α-hetero) is 1. The molecule has 2 aliphatic rings. The van der Waals surface area contributed by atoms with Gasteiger partial charge in [0.15, 0.2) is 5.78 Å². The van der Waals surface area contributed by atoms with Crippen LogP contribution in [0, 0.1) is 0 Å². The fourth-order valence-corrected chi connectivity index (χ4v) is 2.68. The zero-order chi connectivity index (χ0) is 11.7. The van der Waals surface area contributed by atoms with Gasteiger partial charge in [-0.3, -0.25) is 14.9 Å². The largest absolute Gasteiger partial charge is 0.316 e. The summed E-state index contributed by atoms with van der Waals surface area (Å²) in [4.78, 5) is 25.5. The highest BCUT2D eigenvalue weighted by molar-refractivity contribution is 5.90. The van der Waals surface area contributed by atoms with Crippen molar-refractivity contribution in [1.82, 2.24) is 15.5 Å². The second-order valence-electron chi connectivity index (χ2n) is 4.55. The van der Waals surface area contributed by atoms with Crippen LogP contribution < -0.4 is 10.6 Å². The lowest BCUT2D eigenvalue weighted by Gasteiger charge is -2.46. The van der Waals surface area contributed by atoms with Crippen molar-refractivity contribution in [3.05, 3.63) is 0 Å². The van der Waals surface area contributed by atoms with E-state index in [-0.39, 0.29) is 29.9 Å². The van der Waals surface area contributed by atoms with Gasteiger partial charge >= 0.3 is 0 Å². The van der Waals surface area contributed by atoms with Gasteiger partial charge in [0.05, 0.1) is 18.2 Å². The number of hydrogen-bond acceptors (Lipinski definition) is 4. The van der Waals surface area contributed by atoms with Crippen LogP contribution in [0.2, 0.25) is 0 Å². The normalized spacial score (nSPS) is 34.8. The molecule has 3 unspecified atom stereocenters. The number of ketones is 1. The predicted octanol–water partition coefficient (Wildman–Crippen LogP) is -0.526. The summed E-state index contributed by atoms with van der Waals surface area (Å²) in [5.41, 5.74) is 0. The van der Waals surface area contributed by atoms with Gasteiger partial charge in [-0.15, -0.1) is 0 Å². The van der Waals surface area contributed by atoms with Crippen LogP contribution in [0.4, 0.5) is 0 Å². The molecule has 90 valence electrons. The third-order valence-electron chi connectivity index (χ3n) is 3.57. The maximum atomic E-state index is 12.2. The molecule has 5 heteroatoms. The Morgan fingerprint density at radius 1 is 1.44 bits per heavy atom. The van der Waals surface area contributed by atoms with Crippen LogP contribution in [-0.4, -0.2) is 48.4 Å². The van der Waals surface area contributed by atoms with Gasteiger partial charge in [0, 0.05) is 0 Å². The van der Waals surface area contributed by atoms with Gasteiger partial charge in [-0.1, -0.05) is 0 Å². The maximum Gasteiger partial charge on any atom is 0.241 e. The number of fused-ring (bicyclic) bond motifs is 1. The molecule has 0 aromatic rings. The Morgan fingerprint density at radius 2 is 2.19 bits per heavy atom. The van der Waals surface area contributed by atoms with Crippen molar-refractivity contribution in [2.75, 3.05) is 13.6 Å². The lowest BCUT2D eigenvalue weighted by atomic mass is 9.94. The first-order valence-corrected chi connectivity index (χ1v) is 5.88. The number of carbonyl (C=O) groups is 2. The Hall–Kier alpha value is -0.940. The highest BCUT2D eigenvalue weighted by Gasteiger charge is 2.42. The Balaban J connectivity index is 2.20. The van der Waals surface area contributed by atoms with Gasteiger partial charge in [-0.2, -0.15) is 0 Å². The number of piperidine rings is 1. The Morgan fingerprint density at radius 3 is 2.81 bits per heavy atom. The van der Waals surface area contributed by atoms with E-state index in [2.05, 4.69) is 10.6 Å². The van der Waals surface area contributed by atoms with Crippen LogP contribution in [0.25, 0.3) is 0 Å². The molecule has 2 N–H and O–H groups in total. The topological polar surface area (TPSA) is 61.4 Å². The summed E-state index contributed by atoms with van der Waals surface area (Å²) >= 11 is 0. The molecule has 0 spiro atoms. The molecule has 0 aliphatic carbocycles. The molecule has 16 heavy (non-hydrogen) atoms. The van der Waals surface area contributed by atoms with Crippen LogP contribution in [0.1, 0.15) is 26.2 Å². The van der Waals surface area contributed by atoms with Gasteiger partial charge in [-0.25, -0.2) is 0 Å². The lowest BCUT2D eigenvalue weighted by molar-refractivity contribution is -0.150. The van der Waals surface area contributed by atoms with Crippen molar-refractivity contribution in [2.45, 2.75) is 44.4 Å². The van der Waals surface area contributed by atoms with Gasteiger partial charge in [0.2, 0.25) is 5.91 Å². The molecule has 0 bridgehead atoms. The summed E-state index contributed by atoms with van der Waals surface area (Å²) in [6.07, 6.45) is 2.54. The molecular formula is C11H19N3O2. The first kappa shape index (κ1) is 11.5. The molecular weight excluding hydrogens is 206 g/mol. The quantitative estimate of drug-likeness (QED) is 0.663. The summed E-state index contributed by atoms with van der Waals surface area (Å²) in [5, 5.41) is 6.32. The van der Waals surface area contributed by atoms with Crippen molar-refractivity contribution in [3.63, 3.8) is 0 Å². The number of nitrogens with zero attached hydrogens (tertiary/aromatic N) is 1. The minimum Gasteiger partial charge on any atom is -0.316 e. The minimum absolute atomic E-state index is 0.0553. The second kappa shape index (κ2) is 4.51. The second-order valence-corrected chi connectivity index (χ2v) is 4.55. The van der Waals surface area contributed by atoms with E-state index in [4.69, 9.17) is 0 Å². The molecule has 0 aromatic carbocycles. The van der Waals surface area contributed by atoms with Crippen molar-refractivity contribution >= 4 is 11.7 Å². The zero-order valence-corrected chi connectivity index (χ0v) is 9.82. The third kappa shape index (κ3) is 1.85. The average molecular weight is 225 g/mol. The fraction of sp³-hybridized carbons (Fsp3) is 0.818. The van der Waals surface area contributed by atoms with Crippen molar-refractivity contribution in [1.29, 1.82) is 0 Å². The molecule has 2 saturated heterocycles. The lowest BCUT2D eigenvalue weighted by Crippen LogP contribution is -2.66. The minimum atomic E-state index is -0.227. The third-order valence-corrected chi connectivity index (χ3v) is 3.57. The molecule has 2 rings (SSSR count). The van der Waals surface area contributed by atoms with Gasteiger partial charge < -0.3 is 10.2 Å². The molecule has 0 aromatic heterocycles. The summed E-state index contributed by atoms with van der Waals surface area (Å²) < 4.78 is 0. The van der Waals surface area contributed by atoms with E-state index in [1.54, 1.807) is 18.9 Å². The summed E-state index contributed by atoms with van der Waals surface area (Å²) in [6, 6.07) is -0.354. The van der Waals surface area contributed by atoms with Crippen molar-refractivity contribution in [2.24, 2.45) is 0 Å². The Labute approximate surface area is 95.6 Å². The molecule has 1 amide bonds. The van der Waals surface area contributed by atoms with Crippen LogP contribution in [0.5, 0.6) is 0 Å². The predicted molar refractivity (Wildman–Crippen MR) is 59.8 cm³/mol. The van der Waals surface area contributed by atoms with Gasteiger partial charge in [0.1, 0.15) is 0 Å². The van der Waals surface area contributed by atoms with E-state index in [9.17, 15) is 9.59 Å². The van der Waals surface area contributed by atoms with E-state index in [1.165, 1.54) is 0 Å². The SMILES string of the molecule is CNC1CCC2NCCC(C(C)=O)N2C1=O. The van der Waals surface area contributed by atoms with Gasteiger partial charge in [0.25, 0.3) is 0 Å². The molecule has 5 nitrogen and oxygen atoms in total. The van der Waals surface area contributed by atoms with Crippen LogP contribution in [0.3, 0.4) is 0 Å². The first-order chi connectivity index (χ1) is 7.65. The maximum absolute atomic E-state index is 12.2. The monoisotopic (exact) mass is 225 g/mol. The standard InChI is InChI=1S/C11H19N3O2/c1-7(15)9-5-6-13-10-4-3-8(12-2)11(16)14(9)10/h8-10,12-13H,3-6H2,1-2H3. The molecule has 0 radical (unpaired) electrons. The van der Waals surface area contributed by atoms with Crippen LogP contribution in [-0.2, 0) is 9.59 Å². The van der Waals surface area contributed by atoms with Crippen LogP contribution >= 0.6 is 0 Å². The molecule has 2 heterocycles. The van der Waals surface area contributed by atoms with E-state index in [1.807, 2.05) is 0 Å². The zero-order valence-electron chi connectivity index (χ0n) is 9.82.